The molecule has 7 heteroatoms. The predicted molar refractivity (Wildman–Crippen MR) is 78.7 cm³/mol. The Morgan fingerprint density at radius 2 is 2.35 bits per heavy atom. The summed E-state index contributed by atoms with van der Waals surface area (Å²) >= 11 is 1.47. The summed E-state index contributed by atoms with van der Waals surface area (Å²) in [7, 11) is 0. The molecule has 20 heavy (non-hydrogen) atoms. The fraction of sp³-hybridized carbons (Fsp3) is 0.538. The van der Waals surface area contributed by atoms with Crippen molar-refractivity contribution in [3.8, 4) is 0 Å². The predicted octanol–water partition coefficient (Wildman–Crippen LogP) is 2.15. The van der Waals surface area contributed by atoms with Gasteiger partial charge >= 0.3 is 5.69 Å². The van der Waals surface area contributed by atoms with E-state index in [1.54, 1.807) is 10.8 Å². The molecule has 0 radical (unpaired) electrons. The summed E-state index contributed by atoms with van der Waals surface area (Å²) in [6, 6.07) is 3.69. The molecule has 3 N–H and O–H groups in total. The van der Waals surface area contributed by atoms with Crippen molar-refractivity contribution in [3.05, 3.63) is 34.6 Å². The van der Waals surface area contributed by atoms with Gasteiger partial charge in [-0.1, -0.05) is 25.6 Å². The number of nitrogens with zero attached hydrogens (tertiary/aromatic N) is 2. The lowest BCUT2D eigenvalue weighted by molar-refractivity contribution is 0.472. The number of aromatic nitrogens is 3. The van der Waals surface area contributed by atoms with Crippen molar-refractivity contribution in [1.82, 2.24) is 14.8 Å². The smallest absolute Gasteiger partial charge is 0.343 e. The first-order chi connectivity index (χ1) is 9.67. The van der Waals surface area contributed by atoms with Crippen LogP contribution in [0.15, 0.2) is 32.8 Å². The number of hydrogen-bond acceptors (Lipinski definition) is 5. The summed E-state index contributed by atoms with van der Waals surface area (Å²) in [6.07, 6.45) is 3.33. The van der Waals surface area contributed by atoms with Crippen molar-refractivity contribution in [2.75, 3.05) is 0 Å². The van der Waals surface area contributed by atoms with Gasteiger partial charge in [0.25, 0.3) is 0 Å². The summed E-state index contributed by atoms with van der Waals surface area (Å²) in [6.45, 7) is 4.70. The van der Waals surface area contributed by atoms with Gasteiger partial charge in [0.15, 0.2) is 5.16 Å². The van der Waals surface area contributed by atoms with E-state index >= 15 is 0 Å². The number of nitrogens with two attached hydrogens (primary N) is 1. The highest BCUT2D eigenvalue weighted by Crippen LogP contribution is 2.36. The average molecular weight is 296 g/mol. The molecule has 2 rings (SSSR count). The van der Waals surface area contributed by atoms with E-state index in [4.69, 9.17) is 10.2 Å². The second kappa shape index (κ2) is 6.81. The minimum Gasteiger partial charge on any atom is -0.468 e. The Kier molecular flexibility index (Phi) is 5.08. The molecular weight excluding hydrogens is 276 g/mol. The maximum Gasteiger partial charge on any atom is 0.343 e. The molecule has 2 aromatic rings. The van der Waals surface area contributed by atoms with Crippen molar-refractivity contribution >= 4 is 11.8 Å². The van der Waals surface area contributed by atoms with Crippen molar-refractivity contribution < 1.29 is 4.42 Å². The summed E-state index contributed by atoms with van der Waals surface area (Å²) in [5, 5.41) is 7.19. The second-order valence-electron chi connectivity index (χ2n) is 4.59. The maximum atomic E-state index is 11.7. The maximum absolute atomic E-state index is 11.7. The highest BCUT2D eigenvalue weighted by Gasteiger charge is 2.25. The van der Waals surface area contributed by atoms with Crippen molar-refractivity contribution in [1.29, 1.82) is 0 Å². The summed E-state index contributed by atoms with van der Waals surface area (Å²) in [4.78, 5) is 11.7. The summed E-state index contributed by atoms with van der Waals surface area (Å²) < 4.78 is 7.11. The lowest BCUT2D eigenvalue weighted by Gasteiger charge is -2.19. The third-order valence-corrected chi connectivity index (χ3v) is 4.45. The zero-order valence-corrected chi connectivity index (χ0v) is 12.5. The van der Waals surface area contributed by atoms with E-state index < -0.39 is 0 Å². The van der Waals surface area contributed by atoms with Crippen LogP contribution in [0.25, 0.3) is 0 Å². The largest absolute Gasteiger partial charge is 0.468 e. The van der Waals surface area contributed by atoms with Gasteiger partial charge in [-0.05, 0) is 25.0 Å². The van der Waals surface area contributed by atoms with Crippen LogP contribution in [0.1, 0.15) is 37.7 Å². The molecule has 0 aliphatic carbocycles. The van der Waals surface area contributed by atoms with E-state index in [9.17, 15) is 4.79 Å². The molecule has 2 unspecified atom stereocenters. The fourth-order valence-electron chi connectivity index (χ4n) is 1.95. The number of thioether (sulfide) groups is 1. The molecule has 0 bridgehead atoms. The minimum atomic E-state index is -0.183. The van der Waals surface area contributed by atoms with Crippen LogP contribution in [0.2, 0.25) is 0 Å². The lowest BCUT2D eigenvalue weighted by Crippen LogP contribution is -2.26. The molecule has 0 saturated heterocycles. The standard InChI is InChI=1S/C13H20N4O2S/c1-3-7-17-12(18)15-16-13(17)20-11(9(14)4-2)10-6-5-8-19-10/h5-6,8-9,11H,3-4,7,14H2,1-2H3,(H,15,18). The van der Waals surface area contributed by atoms with Crippen LogP contribution in [0.3, 0.4) is 0 Å². The fourth-order valence-corrected chi connectivity index (χ4v) is 3.20. The zero-order chi connectivity index (χ0) is 14.5. The average Bonchev–Trinajstić information content (AvgIpc) is 3.08. The van der Waals surface area contributed by atoms with Crippen LogP contribution < -0.4 is 11.4 Å². The van der Waals surface area contributed by atoms with Gasteiger partial charge in [0.1, 0.15) is 5.76 Å². The first kappa shape index (κ1) is 14.9. The molecule has 0 aliphatic rings. The van der Waals surface area contributed by atoms with Gasteiger partial charge in [-0.25, -0.2) is 9.89 Å². The molecule has 110 valence electrons. The highest BCUT2D eigenvalue weighted by atomic mass is 32.2. The molecule has 0 amide bonds. The quantitative estimate of drug-likeness (QED) is 0.764. The molecule has 0 spiro atoms. The van der Waals surface area contributed by atoms with Gasteiger partial charge in [-0.15, -0.1) is 5.10 Å². The van der Waals surface area contributed by atoms with Crippen LogP contribution in [0.4, 0.5) is 0 Å². The number of nitrogens with one attached hydrogen (secondary N) is 1. The van der Waals surface area contributed by atoms with Crippen LogP contribution in [-0.2, 0) is 6.54 Å². The van der Waals surface area contributed by atoms with Gasteiger partial charge < -0.3 is 10.2 Å². The van der Waals surface area contributed by atoms with Gasteiger partial charge in [-0.2, -0.15) is 0 Å². The Labute approximate surface area is 121 Å². The molecule has 2 heterocycles. The molecular formula is C13H20N4O2S. The van der Waals surface area contributed by atoms with Gasteiger partial charge in [0.05, 0.1) is 11.5 Å². The number of aromatic amines is 1. The van der Waals surface area contributed by atoms with Gasteiger partial charge in [0, 0.05) is 12.6 Å². The highest BCUT2D eigenvalue weighted by molar-refractivity contribution is 7.99. The Hall–Kier alpha value is -1.47. The molecule has 2 atom stereocenters. The normalized spacial score (nSPS) is 14.3. The van der Waals surface area contributed by atoms with E-state index in [0.29, 0.717) is 11.7 Å². The minimum absolute atomic E-state index is 0.0548. The Morgan fingerprint density at radius 3 is 2.95 bits per heavy atom. The van der Waals surface area contributed by atoms with Crippen molar-refractivity contribution in [2.45, 2.75) is 49.7 Å². The second-order valence-corrected chi connectivity index (χ2v) is 5.70. The third-order valence-electron chi connectivity index (χ3n) is 3.09. The molecule has 0 saturated carbocycles. The van der Waals surface area contributed by atoms with Gasteiger partial charge in [0.2, 0.25) is 0 Å². The van der Waals surface area contributed by atoms with E-state index in [1.165, 1.54) is 11.8 Å². The first-order valence-corrected chi connectivity index (χ1v) is 7.66. The monoisotopic (exact) mass is 296 g/mol. The molecule has 0 aliphatic heterocycles. The summed E-state index contributed by atoms with van der Waals surface area (Å²) in [5.41, 5.74) is 6.00. The molecule has 2 aromatic heterocycles. The van der Waals surface area contributed by atoms with E-state index in [1.807, 2.05) is 26.0 Å². The molecule has 0 fully saturated rings. The Balaban J connectivity index is 2.26. The van der Waals surface area contributed by atoms with E-state index in [-0.39, 0.29) is 17.0 Å². The topological polar surface area (TPSA) is 89.8 Å². The van der Waals surface area contributed by atoms with Crippen molar-refractivity contribution in [3.63, 3.8) is 0 Å². The number of furan rings is 1. The van der Waals surface area contributed by atoms with Crippen LogP contribution in [0, 0.1) is 0 Å². The zero-order valence-electron chi connectivity index (χ0n) is 11.7. The lowest BCUT2D eigenvalue weighted by atomic mass is 10.1. The first-order valence-electron chi connectivity index (χ1n) is 6.78. The van der Waals surface area contributed by atoms with Crippen LogP contribution >= 0.6 is 11.8 Å². The number of H-pyrrole nitrogens is 1. The molecule has 6 nitrogen and oxygen atoms in total. The number of rotatable bonds is 7. The van der Waals surface area contributed by atoms with E-state index in [2.05, 4.69) is 10.2 Å². The number of hydrogen-bond donors (Lipinski definition) is 2. The van der Waals surface area contributed by atoms with Gasteiger partial charge in [-0.3, -0.25) is 4.57 Å². The van der Waals surface area contributed by atoms with Crippen molar-refractivity contribution in [2.24, 2.45) is 5.73 Å². The Bertz CT molecular complexity index is 575. The molecule has 0 aromatic carbocycles. The summed E-state index contributed by atoms with van der Waals surface area (Å²) in [5.74, 6) is 0.808. The Morgan fingerprint density at radius 1 is 1.55 bits per heavy atom. The van der Waals surface area contributed by atoms with E-state index in [0.717, 1.165) is 18.6 Å². The van der Waals surface area contributed by atoms with Crippen LogP contribution in [0.5, 0.6) is 0 Å². The SMILES string of the molecule is CCCn1c(SC(c2ccco2)C(N)CC)n[nH]c1=O. The van der Waals surface area contributed by atoms with Crippen LogP contribution in [-0.4, -0.2) is 20.8 Å². The third kappa shape index (κ3) is 3.16.